The predicted molar refractivity (Wildman–Crippen MR) is 159 cm³/mol. The Kier molecular flexibility index (Phi) is 8.83. The third-order valence-electron chi connectivity index (χ3n) is 8.27. The van der Waals surface area contributed by atoms with Gasteiger partial charge < -0.3 is 19.9 Å². The number of piperazine rings is 1. The molecule has 10 heteroatoms. The van der Waals surface area contributed by atoms with Crippen LogP contribution < -0.4 is 5.32 Å². The number of fused-ring (bicyclic) bond motifs is 1. The van der Waals surface area contributed by atoms with Crippen LogP contribution in [0.3, 0.4) is 0 Å². The van der Waals surface area contributed by atoms with Gasteiger partial charge in [-0.2, -0.15) is 13.2 Å². The molecule has 0 bridgehead atoms. The highest BCUT2D eigenvalue weighted by molar-refractivity contribution is 5.96. The van der Waals surface area contributed by atoms with Crippen molar-refractivity contribution in [2.45, 2.75) is 38.0 Å². The minimum absolute atomic E-state index is 0.0273. The summed E-state index contributed by atoms with van der Waals surface area (Å²) in [6, 6.07) is 11.2. The number of hydrogen-bond acceptors (Lipinski definition) is 5. The molecule has 0 saturated carbocycles. The molecular formula is C32H38F3N5O2. The van der Waals surface area contributed by atoms with Crippen LogP contribution in [0.4, 0.5) is 18.9 Å². The lowest BCUT2D eigenvalue weighted by Gasteiger charge is -2.41. The zero-order chi connectivity index (χ0) is 29.9. The molecule has 2 aliphatic heterocycles. The number of H-pyrrole nitrogens is 1. The van der Waals surface area contributed by atoms with E-state index in [1.165, 1.54) is 6.07 Å². The van der Waals surface area contributed by atoms with Crippen molar-refractivity contribution in [2.75, 3.05) is 64.8 Å². The van der Waals surface area contributed by atoms with Crippen LogP contribution in [0, 0.1) is 11.8 Å². The minimum Gasteiger partial charge on any atom is -0.388 e. The summed E-state index contributed by atoms with van der Waals surface area (Å²) in [4.78, 5) is 23.4. The van der Waals surface area contributed by atoms with E-state index in [1.54, 1.807) is 11.9 Å². The van der Waals surface area contributed by atoms with Crippen LogP contribution in [0.25, 0.3) is 10.9 Å². The molecular weight excluding hydrogens is 543 g/mol. The molecule has 2 saturated heterocycles. The van der Waals surface area contributed by atoms with Gasteiger partial charge in [0.15, 0.2) is 0 Å². The number of nitrogens with zero attached hydrogens (tertiary/aromatic N) is 3. The molecule has 7 nitrogen and oxygen atoms in total. The van der Waals surface area contributed by atoms with E-state index in [2.05, 4.69) is 45.8 Å². The zero-order valence-electron chi connectivity index (χ0n) is 24.4. The largest absolute Gasteiger partial charge is 0.416 e. The molecule has 2 aliphatic rings. The Hall–Kier alpha value is -3.52. The van der Waals surface area contributed by atoms with Gasteiger partial charge in [0.25, 0.3) is 5.91 Å². The summed E-state index contributed by atoms with van der Waals surface area (Å²) >= 11 is 0. The smallest absolute Gasteiger partial charge is 0.388 e. The summed E-state index contributed by atoms with van der Waals surface area (Å²) in [7, 11) is 1.55. The van der Waals surface area contributed by atoms with Crippen molar-refractivity contribution in [3.05, 3.63) is 65.4 Å². The summed E-state index contributed by atoms with van der Waals surface area (Å²) in [5.41, 5.74) is 1.45. The number of hydrogen-bond donors (Lipinski definition) is 2. The van der Waals surface area contributed by atoms with Crippen molar-refractivity contribution in [1.29, 1.82) is 0 Å². The summed E-state index contributed by atoms with van der Waals surface area (Å²) in [5.74, 6) is 6.23. The topological polar surface area (TPSA) is 63.8 Å². The van der Waals surface area contributed by atoms with Crippen LogP contribution in [0.1, 0.15) is 35.3 Å². The maximum Gasteiger partial charge on any atom is 0.416 e. The number of carbonyl (C=O) groups is 1. The Morgan fingerprint density at radius 3 is 2.67 bits per heavy atom. The fourth-order valence-electron chi connectivity index (χ4n) is 5.79. The molecule has 2 fully saturated rings. The molecule has 1 aromatic heterocycles. The first-order valence-electron chi connectivity index (χ1n) is 14.3. The number of halogens is 3. The maximum absolute atomic E-state index is 13.8. The van der Waals surface area contributed by atoms with Crippen molar-refractivity contribution >= 4 is 22.5 Å². The van der Waals surface area contributed by atoms with Crippen molar-refractivity contribution in [3.63, 3.8) is 0 Å². The number of carbonyl (C=O) groups excluding carboxylic acids is 1. The van der Waals surface area contributed by atoms with Crippen LogP contribution in [0.2, 0.25) is 0 Å². The highest BCUT2D eigenvalue weighted by Crippen LogP contribution is 2.33. The number of morpholine rings is 1. The summed E-state index contributed by atoms with van der Waals surface area (Å²) in [5, 5.41) is 3.84. The van der Waals surface area contributed by atoms with Gasteiger partial charge in [-0.25, -0.2) is 0 Å². The Bertz CT molecular complexity index is 1470. The van der Waals surface area contributed by atoms with E-state index >= 15 is 0 Å². The first-order chi connectivity index (χ1) is 20.0. The van der Waals surface area contributed by atoms with Crippen molar-refractivity contribution < 1.29 is 22.7 Å². The standard InChI is InChI=1S/C32H38F3N5O2/c1-31(2)22-42-15-14-39(31)11-7-6-10-38-12-13-40(27(21-38)18-24-20-37-29-9-5-4-8-28(24)29)30(41)23-16-25(32(33,34)35)19-26(17-23)36-3/h4-5,8-9,16-17,19-20,27,36-37H,10-15,18,21-22H2,1-3H3/t27-/m1/s1. The quantitative estimate of drug-likeness (QED) is 0.413. The number of aromatic nitrogens is 1. The lowest BCUT2D eigenvalue weighted by Crippen LogP contribution is -2.56. The third kappa shape index (κ3) is 6.75. The van der Waals surface area contributed by atoms with Gasteiger partial charge in [0, 0.05) is 73.2 Å². The molecule has 2 aromatic carbocycles. The van der Waals surface area contributed by atoms with Gasteiger partial charge in [0.2, 0.25) is 0 Å². The number of rotatable bonds is 6. The molecule has 1 amide bonds. The van der Waals surface area contributed by atoms with E-state index in [9.17, 15) is 18.0 Å². The average molecular weight is 582 g/mol. The molecule has 1 atom stereocenters. The van der Waals surface area contributed by atoms with E-state index in [4.69, 9.17) is 4.74 Å². The van der Waals surface area contributed by atoms with Crippen LogP contribution in [-0.2, 0) is 17.3 Å². The van der Waals surface area contributed by atoms with E-state index in [0.29, 0.717) is 52.4 Å². The molecule has 0 spiro atoms. The van der Waals surface area contributed by atoms with E-state index in [-0.39, 0.29) is 22.8 Å². The third-order valence-corrected chi connectivity index (χ3v) is 8.27. The van der Waals surface area contributed by atoms with Crippen LogP contribution in [0.15, 0.2) is 48.7 Å². The van der Waals surface area contributed by atoms with Gasteiger partial charge >= 0.3 is 6.18 Å². The van der Waals surface area contributed by atoms with Gasteiger partial charge in [0.1, 0.15) is 0 Å². The number of nitrogens with one attached hydrogen (secondary N) is 2. The van der Waals surface area contributed by atoms with Crippen molar-refractivity contribution in [2.24, 2.45) is 0 Å². The molecule has 3 aromatic rings. The highest BCUT2D eigenvalue weighted by atomic mass is 19.4. The van der Waals surface area contributed by atoms with Crippen LogP contribution >= 0.6 is 0 Å². The van der Waals surface area contributed by atoms with Crippen LogP contribution in [-0.4, -0.2) is 96.7 Å². The number of amides is 1. The Balaban J connectivity index is 1.36. The molecule has 3 heterocycles. The second-order valence-electron chi connectivity index (χ2n) is 11.6. The summed E-state index contributed by atoms with van der Waals surface area (Å²) < 4.78 is 46.5. The van der Waals surface area contributed by atoms with Gasteiger partial charge in [-0.05, 0) is 50.1 Å². The van der Waals surface area contributed by atoms with Crippen molar-refractivity contribution in [1.82, 2.24) is 19.7 Å². The average Bonchev–Trinajstić information content (AvgIpc) is 3.37. The van der Waals surface area contributed by atoms with Gasteiger partial charge in [0.05, 0.1) is 31.9 Å². The summed E-state index contributed by atoms with van der Waals surface area (Å²) in [6.45, 7) is 9.33. The Morgan fingerprint density at radius 1 is 1.12 bits per heavy atom. The number of para-hydroxylation sites is 1. The first-order valence-corrected chi connectivity index (χ1v) is 14.3. The van der Waals surface area contributed by atoms with Gasteiger partial charge in [-0.3, -0.25) is 14.6 Å². The second kappa shape index (κ2) is 12.4. The fourth-order valence-corrected chi connectivity index (χ4v) is 5.79. The zero-order valence-corrected chi connectivity index (χ0v) is 24.4. The molecule has 5 rings (SSSR count). The van der Waals surface area contributed by atoms with E-state index in [0.717, 1.165) is 35.1 Å². The Labute approximate surface area is 245 Å². The number of alkyl halides is 3. The highest BCUT2D eigenvalue weighted by Gasteiger charge is 2.35. The minimum atomic E-state index is -4.56. The normalized spacial score (nSPS) is 19.9. The van der Waals surface area contributed by atoms with Gasteiger partial charge in [-0.15, -0.1) is 0 Å². The van der Waals surface area contributed by atoms with Gasteiger partial charge in [-0.1, -0.05) is 30.0 Å². The Morgan fingerprint density at radius 2 is 1.90 bits per heavy atom. The number of ether oxygens (including phenoxy) is 1. The van der Waals surface area contributed by atoms with Crippen molar-refractivity contribution in [3.8, 4) is 11.8 Å². The SMILES string of the molecule is CNc1cc(C(=O)N2CCN(CC#CCN3CCOCC3(C)C)C[C@H]2Cc2c[nH]c3ccccc23)cc(C(F)(F)F)c1. The molecule has 2 N–H and O–H groups in total. The number of aromatic amines is 1. The van der Waals surface area contributed by atoms with E-state index in [1.807, 2.05) is 30.5 Å². The molecule has 0 aliphatic carbocycles. The summed E-state index contributed by atoms with van der Waals surface area (Å²) in [6.07, 6.45) is -2.03. The molecule has 0 unspecified atom stereocenters. The van der Waals surface area contributed by atoms with E-state index < -0.39 is 17.6 Å². The number of benzene rings is 2. The second-order valence-corrected chi connectivity index (χ2v) is 11.6. The predicted octanol–water partition coefficient (Wildman–Crippen LogP) is 4.71. The lowest BCUT2D eigenvalue weighted by molar-refractivity contribution is -0.137. The molecule has 42 heavy (non-hydrogen) atoms. The monoisotopic (exact) mass is 581 g/mol. The fraction of sp³-hybridized carbons (Fsp3) is 0.469. The maximum atomic E-state index is 13.8. The van der Waals surface area contributed by atoms with Crippen LogP contribution in [0.5, 0.6) is 0 Å². The lowest BCUT2D eigenvalue weighted by atomic mass is 9.99. The first kappa shape index (κ1) is 30.0. The molecule has 224 valence electrons. The molecule has 0 radical (unpaired) electrons. The number of anilines is 1.